The highest BCUT2D eigenvalue weighted by atomic mass is 15.1. The standard InChI is InChI=1S/C17H19N/c1-14(15-10-6-4-7-11-15)17(18(2)3)16-12-8-5-9-13-16/h4-13H,1-3H3/b17-14-. The molecular formula is C17H19N. The molecule has 0 aliphatic rings. The molecular weight excluding hydrogens is 218 g/mol. The molecule has 0 aliphatic heterocycles. The Hall–Kier alpha value is -2.02. The van der Waals surface area contributed by atoms with Gasteiger partial charge in [-0.05, 0) is 23.6 Å². The van der Waals surface area contributed by atoms with Gasteiger partial charge in [0.2, 0.25) is 0 Å². The molecule has 2 aromatic carbocycles. The van der Waals surface area contributed by atoms with Gasteiger partial charge in [-0.3, -0.25) is 0 Å². The van der Waals surface area contributed by atoms with Gasteiger partial charge in [0.05, 0.1) is 0 Å². The van der Waals surface area contributed by atoms with Gasteiger partial charge in [0, 0.05) is 19.8 Å². The quantitative estimate of drug-likeness (QED) is 0.725. The maximum atomic E-state index is 2.18. The first-order valence-corrected chi connectivity index (χ1v) is 6.19. The lowest BCUT2D eigenvalue weighted by Crippen LogP contribution is -2.11. The predicted octanol–water partition coefficient (Wildman–Crippen LogP) is 4.14. The van der Waals surface area contributed by atoms with Gasteiger partial charge in [-0.1, -0.05) is 60.7 Å². The van der Waals surface area contributed by atoms with Crippen molar-refractivity contribution >= 4 is 11.3 Å². The molecule has 0 N–H and O–H groups in total. The highest BCUT2D eigenvalue weighted by molar-refractivity contribution is 5.88. The van der Waals surface area contributed by atoms with Gasteiger partial charge in [-0.25, -0.2) is 0 Å². The summed E-state index contributed by atoms with van der Waals surface area (Å²) in [4.78, 5) is 2.18. The zero-order valence-electron chi connectivity index (χ0n) is 11.2. The summed E-state index contributed by atoms with van der Waals surface area (Å²) < 4.78 is 0. The minimum atomic E-state index is 1.25. The number of hydrogen-bond acceptors (Lipinski definition) is 1. The average molecular weight is 237 g/mol. The van der Waals surface area contributed by atoms with Gasteiger partial charge in [0.25, 0.3) is 0 Å². The Morgan fingerprint density at radius 1 is 0.722 bits per heavy atom. The Morgan fingerprint density at radius 2 is 1.17 bits per heavy atom. The zero-order valence-corrected chi connectivity index (χ0v) is 11.2. The molecule has 0 fully saturated rings. The topological polar surface area (TPSA) is 3.24 Å². The van der Waals surface area contributed by atoms with Crippen molar-refractivity contribution in [2.75, 3.05) is 14.1 Å². The van der Waals surface area contributed by atoms with Crippen molar-refractivity contribution in [2.24, 2.45) is 0 Å². The molecule has 0 atom stereocenters. The molecule has 0 spiro atoms. The van der Waals surface area contributed by atoms with E-state index in [9.17, 15) is 0 Å². The third-order valence-electron chi connectivity index (χ3n) is 3.06. The van der Waals surface area contributed by atoms with E-state index < -0.39 is 0 Å². The van der Waals surface area contributed by atoms with Gasteiger partial charge in [-0.2, -0.15) is 0 Å². The van der Waals surface area contributed by atoms with Crippen LogP contribution in [-0.2, 0) is 0 Å². The Bertz CT molecular complexity index is 524. The van der Waals surface area contributed by atoms with Crippen LogP contribution in [0.5, 0.6) is 0 Å². The number of rotatable bonds is 3. The minimum Gasteiger partial charge on any atom is -0.377 e. The Balaban J connectivity index is 2.55. The summed E-state index contributed by atoms with van der Waals surface area (Å²) in [5.74, 6) is 0. The molecule has 0 heterocycles. The first kappa shape index (κ1) is 12.4. The molecule has 92 valence electrons. The van der Waals surface area contributed by atoms with Gasteiger partial charge >= 0.3 is 0 Å². The summed E-state index contributed by atoms with van der Waals surface area (Å²) in [5.41, 5.74) is 5.09. The Kier molecular flexibility index (Phi) is 3.83. The minimum absolute atomic E-state index is 1.25. The molecule has 0 aromatic heterocycles. The molecule has 0 unspecified atom stereocenters. The molecule has 18 heavy (non-hydrogen) atoms. The first-order valence-electron chi connectivity index (χ1n) is 6.19. The number of nitrogens with zero attached hydrogens (tertiary/aromatic N) is 1. The third-order valence-corrected chi connectivity index (χ3v) is 3.06. The van der Waals surface area contributed by atoms with Crippen LogP contribution in [0.2, 0.25) is 0 Å². The van der Waals surface area contributed by atoms with Crippen molar-refractivity contribution in [3.05, 3.63) is 71.8 Å². The molecule has 0 saturated carbocycles. The summed E-state index contributed by atoms with van der Waals surface area (Å²) in [7, 11) is 4.18. The van der Waals surface area contributed by atoms with Crippen LogP contribution in [0.15, 0.2) is 60.7 Å². The SMILES string of the molecule is C/C(=C(\c1ccccc1)N(C)C)c1ccccc1. The second-order valence-corrected chi connectivity index (χ2v) is 4.60. The molecule has 2 rings (SSSR count). The second kappa shape index (κ2) is 5.54. The largest absolute Gasteiger partial charge is 0.377 e. The smallest absolute Gasteiger partial charge is 0.0470 e. The fourth-order valence-electron chi connectivity index (χ4n) is 2.23. The van der Waals surface area contributed by atoms with E-state index >= 15 is 0 Å². The third kappa shape index (κ3) is 2.62. The lowest BCUT2D eigenvalue weighted by atomic mass is 10.0. The van der Waals surface area contributed by atoms with Crippen molar-refractivity contribution in [1.29, 1.82) is 0 Å². The maximum absolute atomic E-state index is 2.18. The summed E-state index contributed by atoms with van der Waals surface area (Å²) in [6, 6.07) is 21.0. The van der Waals surface area contributed by atoms with Crippen LogP contribution in [0, 0.1) is 0 Å². The fraction of sp³-hybridized carbons (Fsp3) is 0.176. The highest BCUT2D eigenvalue weighted by Gasteiger charge is 2.09. The molecule has 0 aliphatic carbocycles. The number of hydrogen-bond donors (Lipinski definition) is 0. The van der Waals surface area contributed by atoms with E-state index in [-0.39, 0.29) is 0 Å². The van der Waals surface area contributed by atoms with Crippen LogP contribution in [0.3, 0.4) is 0 Å². The van der Waals surface area contributed by atoms with Crippen molar-refractivity contribution in [3.8, 4) is 0 Å². The zero-order chi connectivity index (χ0) is 13.0. The van der Waals surface area contributed by atoms with Crippen molar-refractivity contribution in [3.63, 3.8) is 0 Å². The molecule has 0 bridgehead atoms. The Morgan fingerprint density at radius 3 is 1.61 bits per heavy atom. The summed E-state index contributed by atoms with van der Waals surface area (Å²) >= 11 is 0. The molecule has 2 aromatic rings. The van der Waals surface area contributed by atoms with Gasteiger partial charge in [-0.15, -0.1) is 0 Å². The summed E-state index contributed by atoms with van der Waals surface area (Å²) in [5, 5.41) is 0. The lowest BCUT2D eigenvalue weighted by molar-refractivity contribution is 0.593. The van der Waals surface area contributed by atoms with Crippen LogP contribution in [0.1, 0.15) is 18.1 Å². The van der Waals surface area contributed by atoms with Gasteiger partial charge in [0.1, 0.15) is 0 Å². The van der Waals surface area contributed by atoms with Crippen molar-refractivity contribution in [1.82, 2.24) is 4.90 Å². The number of benzene rings is 2. The van der Waals surface area contributed by atoms with Crippen LogP contribution >= 0.6 is 0 Å². The fourth-order valence-corrected chi connectivity index (χ4v) is 2.23. The summed E-state index contributed by atoms with van der Waals surface area (Å²) in [6.45, 7) is 2.18. The maximum Gasteiger partial charge on any atom is 0.0470 e. The summed E-state index contributed by atoms with van der Waals surface area (Å²) in [6.07, 6.45) is 0. The Labute approximate surface area is 109 Å². The van der Waals surface area contributed by atoms with E-state index in [4.69, 9.17) is 0 Å². The monoisotopic (exact) mass is 237 g/mol. The van der Waals surface area contributed by atoms with Crippen LogP contribution in [0.25, 0.3) is 11.3 Å². The van der Waals surface area contributed by atoms with E-state index in [0.717, 1.165) is 0 Å². The molecule has 1 nitrogen and oxygen atoms in total. The van der Waals surface area contributed by atoms with E-state index in [1.165, 1.54) is 22.4 Å². The lowest BCUT2D eigenvalue weighted by Gasteiger charge is -2.21. The normalized spacial score (nSPS) is 11.9. The second-order valence-electron chi connectivity index (χ2n) is 4.60. The van der Waals surface area contributed by atoms with Gasteiger partial charge < -0.3 is 4.90 Å². The average Bonchev–Trinajstić information content (AvgIpc) is 2.40. The van der Waals surface area contributed by atoms with Crippen molar-refractivity contribution in [2.45, 2.75) is 6.92 Å². The van der Waals surface area contributed by atoms with Crippen LogP contribution < -0.4 is 0 Å². The first-order chi connectivity index (χ1) is 8.70. The van der Waals surface area contributed by atoms with Crippen molar-refractivity contribution < 1.29 is 0 Å². The predicted molar refractivity (Wildman–Crippen MR) is 79.1 cm³/mol. The molecule has 1 heteroatoms. The van der Waals surface area contributed by atoms with E-state index in [1.807, 2.05) is 0 Å². The van der Waals surface area contributed by atoms with Crippen LogP contribution in [0.4, 0.5) is 0 Å². The van der Waals surface area contributed by atoms with Crippen LogP contribution in [-0.4, -0.2) is 19.0 Å². The number of allylic oxidation sites excluding steroid dienone is 1. The highest BCUT2D eigenvalue weighted by Crippen LogP contribution is 2.27. The molecule has 0 amide bonds. The van der Waals surface area contributed by atoms with E-state index in [0.29, 0.717) is 0 Å². The van der Waals surface area contributed by atoms with E-state index in [2.05, 4.69) is 86.6 Å². The van der Waals surface area contributed by atoms with Gasteiger partial charge in [0.15, 0.2) is 0 Å². The molecule has 0 radical (unpaired) electrons. The van der Waals surface area contributed by atoms with E-state index in [1.54, 1.807) is 0 Å². The molecule has 0 saturated heterocycles.